The molecule has 1 heterocycles. The third kappa shape index (κ3) is 10.2. The van der Waals surface area contributed by atoms with E-state index in [9.17, 15) is 14.0 Å². The standard InChI is InChI=1S/C36H45F2N5O3/c1-3-33(39)34(36(45)46-23-26-9-5-4-6-10-26)35(31-14-13-29(37)22-32(31)38)41-24-40-17-8-18-43-19-15-27(16-20-43)28-11-7-12-30(21-28)42-25(2)44/h4-7,9-14,21-22,27,35,40-41H,3,8,15-20,23-24,39H2,1-2H3,(H,42,44)/b34-33+. The predicted octanol–water partition coefficient (Wildman–Crippen LogP) is 5.74. The number of anilines is 1. The van der Waals surface area contributed by atoms with E-state index in [1.807, 2.05) is 49.4 Å². The molecule has 1 atom stereocenters. The first-order chi connectivity index (χ1) is 22.2. The molecule has 0 aliphatic carbocycles. The first kappa shape index (κ1) is 34.7. The minimum Gasteiger partial charge on any atom is -0.457 e. The van der Waals surface area contributed by atoms with Crippen LogP contribution in [0.3, 0.4) is 0 Å². The van der Waals surface area contributed by atoms with Gasteiger partial charge < -0.3 is 26.0 Å². The van der Waals surface area contributed by atoms with Crippen molar-refractivity contribution in [1.29, 1.82) is 0 Å². The summed E-state index contributed by atoms with van der Waals surface area (Å²) >= 11 is 0. The lowest BCUT2D eigenvalue weighted by atomic mass is 9.89. The van der Waals surface area contributed by atoms with Gasteiger partial charge in [0.2, 0.25) is 5.91 Å². The van der Waals surface area contributed by atoms with Gasteiger partial charge >= 0.3 is 5.97 Å². The first-order valence-corrected chi connectivity index (χ1v) is 15.9. The summed E-state index contributed by atoms with van der Waals surface area (Å²) in [6, 6.07) is 19.7. The molecule has 46 heavy (non-hydrogen) atoms. The molecule has 0 radical (unpaired) electrons. The van der Waals surface area contributed by atoms with Gasteiger partial charge in [0.05, 0.1) is 11.6 Å². The summed E-state index contributed by atoms with van der Waals surface area (Å²) in [6.07, 6.45) is 3.36. The first-order valence-electron chi connectivity index (χ1n) is 15.9. The number of nitrogens with two attached hydrogens (primary N) is 1. The van der Waals surface area contributed by atoms with Crippen LogP contribution in [0.5, 0.6) is 0 Å². The minimum atomic E-state index is -0.945. The monoisotopic (exact) mass is 633 g/mol. The van der Waals surface area contributed by atoms with E-state index >= 15 is 4.39 Å². The van der Waals surface area contributed by atoms with Crippen LogP contribution in [0.2, 0.25) is 0 Å². The zero-order valence-electron chi connectivity index (χ0n) is 26.7. The van der Waals surface area contributed by atoms with Crippen molar-refractivity contribution < 1.29 is 23.1 Å². The molecule has 1 aliphatic heterocycles. The van der Waals surface area contributed by atoms with E-state index in [4.69, 9.17) is 10.5 Å². The van der Waals surface area contributed by atoms with Crippen molar-refractivity contribution in [3.8, 4) is 0 Å². The van der Waals surface area contributed by atoms with Gasteiger partial charge in [0, 0.05) is 36.6 Å². The second kappa shape index (κ2) is 17.5. The summed E-state index contributed by atoms with van der Waals surface area (Å²) < 4.78 is 34.4. The SMILES string of the molecule is CC/C(N)=C(\C(=O)OCc1ccccc1)C(NCNCCCN1CCC(c2cccc(NC(C)=O)c2)CC1)c1ccc(F)cc1F. The van der Waals surface area contributed by atoms with E-state index in [-0.39, 0.29) is 36.0 Å². The number of halogens is 2. The number of piperidine rings is 1. The fourth-order valence-electron chi connectivity index (χ4n) is 5.78. The van der Waals surface area contributed by atoms with Crippen LogP contribution < -0.4 is 21.7 Å². The van der Waals surface area contributed by atoms with Crippen LogP contribution in [0.15, 0.2) is 84.1 Å². The highest BCUT2D eigenvalue weighted by Gasteiger charge is 2.29. The molecule has 246 valence electrons. The maximum atomic E-state index is 15.0. The molecule has 1 aliphatic rings. The quantitative estimate of drug-likeness (QED) is 0.0732. The normalized spacial score (nSPS) is 15.2. The van der Waals surface area contributed by atoms with Gasteiger partial charge in [0.25, 0.3) is 0 Å². The number of hydrogen-bond donors (Lipinski definition) is 4. The largest absolute Gasteiger partial charge is 0.457 e. The molecule has 8 nitrogen and oxygen atoms in total. The van der Waals surface area contributed by atoms with Crippen LogP contribution in [-0.2, 0) is 20.9 Å². The summed E-state index contributed by atoms with van der Waals surface area (Å²) in [6.45, 7) is 7.25. The molecular formula is C36H45F2N5O3. The van der Waals surface area contributed by atoms with Gasteiger partial charge in [0.15, 0.2) is 0 Å². The number of likely N-dealkylation sites (tertiary alicyclic amines) is 1. The number of carbonyl (C=O) groups excluding carboxylic acids is 2. The van der Waals surface area contributed by atoms with Crippen LogP contribution in [0.25, 0.3) is 0 Å². The second-order valence-corrected chi connectivity index (χ2v) is 11.6. The Morgan fingerprint density at radius 3 is 2.48 bits per heavy atom. The Hall–Kier alpha value is -4.12. The van der Waals surface area contributed by atoms with Crippen molar-refractivity contribution in [3.05, 3.63) is 112 Å². The van der Waals surface area contributed by atoms with Gasteiger partial charge in [-0.3, -0.25) is 10.1 Å². The smallest absolute Gasteiger partial charge is 0.338 e. The molecule has 1 amide bonds. The van der Waals surface area contributed by atoms with E-state index in [0.29, 0.717) is 18.9 Å². The maximum absolute atomic E-state index is 15.0. The molecule has 10 heteroatoms. The van der Waals surface area contributed by atoms with Gasteiger partial charge in [0.1, 0.15) is 18.2 Å². The molecule has 5 N–H and O–H groups in total. The molecule has 4 rings (SSSR count). The number of hydrogen-bond acceptors (Lipinski definition) is 7. The summed E-state index contributed by atoms with van der Waals surface area (Å²) in [5.74, 6) is -1.75. The molecular weight excluding hydrogens is 588 g/mol. The Morgan fingerprint density at radius 1 is 1.02 bits per heavy atom. The lowest BCUT2D eigenvalue weighted by molar-refractivity contribution is -0.140. The number of allylic oxidation sites excluding steroid dienone is 1. The lowest BCUT2D eigenvalue weighted by Crippen LogP contribution is -2.38. The molecule has 0 bridgehead atoms. The van der Waals surface area contributed by atoms with Crippen LogP contribution in [-0.4, -0.2) is 49.6 Å². The lowest BCUT2D eigenvalue weighted by Gasteiger charge is -2.32. The van der Waals surface area contributed by atoms with Gasteiger partial charge in [-0.2, -0.15) is 0 Å². The number of nitrogens with zero attached hydrogens (tertiary/aromatic N) is 1. The van der Waals surface area contributed by atoms with Gasteiger partial charge in [-0.1, -0.05) is 55.5 Å². The van der Waals surface area contributed by atoms with Crippen molar-refractivity contribution in [2.75, 3.05) is 38.2 Å². The van der Waals surface area contributed by atoms with Crippen LogP contribution in [0.1, 0.15) is 68.2 Å². The van der Waals surface area contributed by atoms with Crippen LogP contribution in [0, 0.1) is 11.6 Å². The number of ether oxygens (including phenoxy) is 1. The summed E-state index contributed by atoms with van der Waals surface area (Å²) in [7, 11) is 0. The van der Waals surface area contributed by atoms with Crippen LogP contribution >= 0.6 is 0 Å². The van der Waals surface area contributed by atoms with E-state index in [2.05, 4.69) is 33.0 Å². The number of rotatable bonds is 15. The van der Waals surface area contributed by atoms with E-state index in [0.717, 1.165) is 56.2 Å². The maximum Gasteiger partial charge on any atom is 0.338 e. The second-order valence-electron chi connectivity index (χ2n) is 11.6. The molecule has 0 aromatic heterocycles. The molecule has 0 saturated carbocycles. The van der Waals surface area contributed by atoms with Crippen molar-refractivity contribution in [2.45, 2.75) is 58.1 Å². The highest BCUT2D eigenvalue weighted by Crippen LogP contribution is 2.30. The molecule has 0 spiro atoms. The topological polar surface area (TPSA) is 109 Å². The van der Waals surface area contributed by atoms with Gasteiger partial charge in [-0.25, -0.2) is 13.6 Å². The Balaban J connectivity index is 1.30. The van der Waals surface area contributed by atoms with Gasteiger partial charge in [-0.05, 0) is 87.1 Å². The molecule has 1 unspecified atom stereocenters. The van der Waals surface area contributed by atoms with E-state index in [1.165, 1.54) is 24.6 Å². The van der Waals surface area contributed by atoms with Crippen molar-refractivity contribution in [1.82, 2.24) is 15.5 Å². The van der Waals surface area contributed by atoms with Gasteiger partial charge in [-0.15, -0.1) is 0 Å². The summed E-state index contributed by atoms with van der Waals surface area (Å²) in [5.41, 5.74) is 9.70. The third-order valence-corrected chi connectivity index (χ3v) is 8.25. The average molecular weight is 634 g/mol. The fraction of sp³-hybridized carbons (Fsp3) is 0.389. The van der Waals surface area contributed by atoms with Crippen LogP contribution in [0.4, 0.5) is 14.5 Å². The number of benzene rings is 3. The number of nitrogens with one attached hydrogen (secondary N) is 3. The van der Waals surface area contributed by atoms with E-state index in [1.54, 1.807) is 0 Å². The Labute approximate surface area is 270 Å². The number of carbonyl (C=O) groups is 2. The molecule has 3 aromatic carbocycles. The molecule has 3 aromatic rings. The number of esters is 1. The average Bonchev–Trinajstić information content (AvgIpc) is 3.05. The Bertz CT molecular complexity index is 1480. The van der Waals surface area contributed by atoms with E-state index < -0.39 is 23.6 Å². The fourth-order valence-corrected chi connectivity index (χ4v) is 5.78. The number of amides is 1. The highest BCUT2D eigenvalue weighted by molar-refractivity contribution is 5.91. The van der Waals surface area contributed by atoms with Crippen molar-refractivity contribution in [2.24, 2.45) is 5.73 Å². The van der Waals surface area contributed by atoms with Crippen molar-refractivity contribution in [3.63, 3.8) is 0 Å². The molecule has 1 fully saturated rings. The zero-order chi connectivity index (χ0) is 32.9. The van der Waals surface area contributed by atoms with Crippen molar-refractivity contribution >= 4 is 17.6 Å². The summed E-state index contributed by atoms with van der Waals surface area (Å²) in [5, 5.41) is 9.42. The predicted molar refractivity (Wildman–Crippen MR) is 177 cm³/mol. The summed E-state index contributed by atoms with van der Waals surface area (Å²) in [4.78, 5) is 27.2. The molecule has 1 saturated heterocycles. The Morgan fingerprint density at radius 2 is 1.78 bits per heavy atom. The third-order valence-electron chi connectivity index (χ3n) is 8.25. The zero-order valence-corrected chi connectivity index (χ0v) is 26.7. The highest BCUT2D eigenvalue weighted by atomic mass is 19.1. The minimum absolute atomic E-state index is 0.0394. The Kier molecular flexibility index (Phi) is 13.3.